The molecule has 5 heteroatoms. The Labute approximate surface area is 119 Å². The molecule has 1 aromatic carbocycles. The Balaban J connectivity index is 2.92. The molecule has 20 heavy (non-hydrogen) atoms. The molecule has 1 aromatic rings. The Hall–Kier alpha value is -1.88. The predicted molar refractivity (Wildman–Crippen MR) is 78.4 cm³/mol. The van der Waals surface area contributed by atoms with Gasteiger partial charge in [-0.05, 0) is 30.9 Å². The van der Waals surface area contributed by atoms with E-state index in [4.69, 9.17) is 10.5 Å². The van der Waals surface area contributed by atoms with E-state index < -0.39 is 17.9 Å². The van der Waals surface area contributed by atoms with Crippen LogP contribution in [0.25, 0.3) is 0 Å². The number of aryl methyl sites for hydroxylation is 2. The Kier molecular flexibility index (Phi) is 6.18. The van der Waals surface area contributed by atoms with Gasteiger partial charge in [0.05, 0.1) is 6.61 Å². The van der Waals surface area contributed by atoms with Crippen molar-refractivity contribution in [2.75, 3.05) is 11.9 Å². The largest absolute Gasteiger partial charge is 0.464 e. The van der Waals surface area contributed by atoms with E-state index in [0.717, 1.165) is 29.7 Å². The van der Waals surface area contributed by atoms with Gasteiger partial charge in [-0.2, -0.15) is 0 Å². The van der Waals surface area contributed by atoms with Crippen molar-refractivity contribution in [3.05, 3.63) is 29.3 Å². The molecule has 1 rings (SSSR count). The van der Waals surface area contributed by atoms with Gasteiger partial charge in [0.1, 0.15) is 0 Å². The van der Waals surface area contributed by atoms with Crippen molar-refractivity contribution >= 4 is 17.6 Å². The molecule has 0 spiro atoms. The zero-order chi connectivity index (χ0) is 15.1. The zero-order valence-electron chi connectivity index (χ0n) is 12.2. The van der Waals surface area contributed by atoms with E-state index >= 15 is 0 Å². The van der Waals surface area contributed by atoms with E-state index in [1.807, 2.05) is 32.0 Å². The highest BCUT2D eigenvalue weighted by Crippen LogP contribution is 2.22. The summed E-state index contributed by atoms with van der Waals surface area (Å²) in [6.45, 7) is 5.89. The Morgan fingerprint density at radius 2 is 1.75 bits per heavy atom. The minimum absolute atomic E-state index is 0.200. The standard InChI is InChI=1S/C15H22N2O3/c1-4-10-8-7-9-11(5-2)13(10)17-14(18)12(16)15(19)20-6-3/h7-9,12H,4-6,16H2,1-3H3,(H,17,18). The molecule has 1 amide bonds. The highest BCUT2D eigenvalue weighted by molar-refractivity contribution is 6.08. The van der Waals surface area contributed by atoms with Crippen molar-refractivity contribution in [2.24, 2.45) is 5.73 Å². The molecule has 5 nitrogen and oxygen atoms in total. The number of nitrogens with one attached hydrogen (secondary N) is 1. The molecule has 1 unspecified atom stereocenters. The highest BCUT2D eigenvalue weighted by atomic mass is 16.5. The number of carbonyl (C=O) groups is 2. The second kappa shape index (κ2) is 7.65. The average molecular weight is 278 g/mol. The van der Waals surface area contributed by atoms with Gasteiger partial charge in [-0.15, -0.1) is 0 Å². The highest BCUT2D eigenvalue weighted by Gasteiger charge is 2.24. The SMILES string of the molecule is CCOC(=O)C(N)C(=O)Nc1c(CC)cccc1CC. The van der Waals surface area contributed by atoms with Gasteiger partial charge in [0.25, 0.3) is 5.91 Å². The summed E-state index contributed by atoms with van der Waals surface area (Å²) in [6, 6.07) is 4.55. The molecule has 0 saturated carbocycles. The number of rotatable bonds is 6. The number of para-hydroxylation sites is 1. The van der Waals surface area contributed by atoms with Crippen LogP contribution in [0.15, 0.2) is 18.2 Å². The number of carbonyl (C=O) groups excluding carboxylic acids is 2. The second-order valence-corrected chi connectivity index (χ2v) is 4.38. The molecule has 110 valence electrons. The van der Waals surface area contributed by atoms with Crippen molar-refractivity contribution in [3.8, 4) is 0 Å². The van der Waals surface area contributed by atoms with E-state index in [2.05, 4.69) is 5.32 Å². The molecular weight excluding hydrogens is 256 g/mol. The maximum atomic E-state index is 12.0. The molecular formula is C15H22N2O3. The van der Waals surface area contributed by atoms with E-state index in [-0.39, 0.29) is 6.61 Å². The minimum atomic E-state index is -1.30. The lowest BCUT2D eigenvalue weighted by Crippen LogP contribution is -2.43. The van der Waals surface area contributed by atoms with Crippen LogP contribution in [0.2, 0.25) is 0 Å². The summed E-state index contributed by atoms with van der Waals surface area (Å²) in [4.78, 5) is 23.5. The number of hydrogen-bond donors (Lipinski definition) is 2. The third kappa shape index (κ3) is 3.81. The lowest BCUT2D eigenvalue weighted by Gasteiger charge is -2.16. The first-order chi connectivity index (χ1) is 9.54. The predicted octanol–water partition coefficient (Wildman–Crippen LogP) is 1.64. The van der Waals surface area contributed by atoms with Crippen LogP contribution in [0.5, 0.6) is 0 Å². The van der Waals surface area contributed by atoms with E-state index in [0.29, 0.717) is 0 Å². The van der Waals surface area contributed by atoms with Gasteiger partial charge in [0, 0.05) is 5.69 Å². The van der Waals surface area contributed by atoms with Crippen molar-refractivity contribution in [1.82, 2.24) is 0 Å². The van der Waals surface area contributed by atoms with Gasteiger partial charge in [0.15, 0.2) is 6.04 Å². The Bertz CT molecular complexity index is 464. The monoisotopic (exact) mass is 278 g/mol. The van der Waals surface area contributed by atoms with Gasteiger partial charge in [-0.25, -0.2) is 4.79 Å². The maximum Gasteiger partial charge on any atom is 0.332 e. The second-order valence-electron chi connectivity index (χ2n) is 4.38. The fourth-order valence-electron chi connectivity index (χ4n) is 1.94. The number of amides is 1. The lowest BCUT2D eigenvalue weighted by atomic mass is 10.0. The number of hydrogen-bond acceptors (Lipinski definition) is 4. The van der Waals surface area contributed by atoms with Crippen molar-refractivity contribution in [2.45, 2.75) is 39.7 Å². The Morgan fingerprint density at radius 3 is 2.20 bits per heavy atom. The molecule has 0 aliphatic carbocycles. The maximum absolute atomic E-state index is 12.0. The van der Waals surface area contributed by atoms with Crippen LogP contribution in [-0.2, 0) is 27.2 Å². The summed E-state index contributed by atoms with van der Waals surface area (Å²) in [5, 5.41) is 2.76. The summed E-state index contributed by atoms with van der Waals surface area (Å²) < 4.78 is 4.75. The smallest absolute Gasteiger partial charge is 0.332 e. The topological polar surface area (TPSA) is 81.4 Å². The van der Waals surface area contributed by atoms with Crippen LogP contribution in [0.3, 0.4) is 0 Å². The first-order valence-corrected chi connectivity index (χ1v) is 6.88. The minimum Gasteiger partial charge on any atom is -0.464 e. The molecule has 0 saturated heterocycles. The van der Waals surface area contributed by atoms with Gasteiger partial charge in [-0.3, -0.25) is 4.79 Å². The average Bonchev–Trinajstić information content (AvgIpc) is 2.46. The summed E-state index contributed by atoms with van der Waals surface area (Å²) in [7, 11) is 0. The molecule has 0 fully saturated rings. The van der Waals surface area contributed by atoms with Crippen molar-refractivity contribution in [3.63, 3.8) is 0 Å². The van der Waals surface area contributed by atoms with Crippen LogP contribution in [0, 0.1) is 0 Å². The number of anilines is 1. The number of benzene rings is 1. The van der Waals surface area contributed by atoms with Crippen molar-refractivity contribution in [1.29, 1.82) is 0 Å². The summed E-state index contributed by atoms with van der Waals surface area (Å²) >= 11 is 0. The van der Waals surface area contributed by atoms with Crippen LogP contribution < -0.4 is 11.1 Å². The number of nitrogens with two attached hydrogens (primary N) is 1. The Morgan fingerprint density at radius 1 is 1.20 bits per heavy atom. The van der Waals surface area contributed by atoms with Gasteiger partial charge < -0.3 is 15.8 Å². The fraction of sp³-hybridized carbons (Fsp3) is 0.467. The molecule has 0 aromatic heterocycles. The summed E-state index contributed by atoms with van der Waals surface area (Å²) in [6.07, 6.45) is 1.58. The first kappa shape index (κ1) is 16.2. The summed E-state index contributed by atoms with van der Waals surface area (Å²) in [5.41, 5.74) is 8.39. The van der Waals surface area contributed by atoms with E-state index in [1.54, 1.807) is 6.92 Å². The zero-order valence-corrected chi connectivity index (χ0v) is 12.2. The third-order valence-electron chi connectivity index (χ3n) is 3.07. The molecule has 0 aliphatic heterocycles. The number of ether oxygens (including phenoxy) is 1. The van der Waals surface area contributed by atoms with Crippen LogP contribution in [0.4, 0.5) is 5.69 Å². The summed E-state index contributed by atoms with van der Waals surface area (Å²) in [5.74, 6) is -1.25. The third-order valence-corrected chi connectivity index (χ3v) is 3.07. The molecule has 1 atom stereocenters. The quantitative estimate of drug-likeness (QED) is 0.612. The van der Waals surface area contributed by atoms with Crippen molar-refractivity contribution < 1.29 is 14.3 Å². The molecule has 0 heterocycles. The van der Waals surface area contributed by atoms with Gasteiger partial charge in [-0.1, -0.05) is 32.0 Å². The van der Waals surface area contributed by atoms with Crippen LogP contribution in [0.1, 0.15) is 31.9 Å². The van der Waals surface area contributed by atoms with Gasteiger partial charge >= 0.3 is 5.97 Å². The van der Waals surface area contributed by atoms with E-state index in [1.165, 1.54) is 0 Å². The molecule has 3 N–H and O–H groups in total. The normalized spacial score (nSPS) is 11.8. The molecule has 0 aliphatic rings. The van der Waals surface area contributed by atoms with E-state index in [9.17, 15) is 9.59 Å². The molecule has 0 bridgehead atoms. The van der Waals surface area contributed by atoms with Crippen LogP contribution in [-0.4, -0.2) is 24.5 Å². The van der Waals surface area contributed by atoms with Crippen LogP contribution >= 0.6 is 0 Å². The van der Waals surface area contributed by atoms with Gasteiger partial charge in [0.2, 0.25) is 0 Å². The molecule has 0 radical (unpaired) electrons. The fourth-order valence-corrected chi connectivity index (χ4v) is 1.94. The first-order valence-electron chi connectivity index (χ1n) is 6.88. The number of esters is 1. The lowest BCUT2D eigenvalue weighted by molar-refractivity contribution is -0.146.